The van der Waals surface area contributed by atoms with Crippen molar-refractivity contribution in [1.82, 2.24) is 9.78 Å². The second-order valence-electron chi connectivity index (χ2n) is 2.98. The molecular weight excluding hydrogens is 255 g/mol. The van der Waals surface area contributed by atoms with Crippen LogP contribution in [0.3, 0.4) is 0 Å². The summed E-state index contributed by atoms with van der Waals surface area (Å²) in [5.74, 6) is -0.546. The molecule has 0 aliphatic carbocycles. The highest BCUT2D eigenvalue weighted by molar-refractivity contribution is 6.41. The molecule has 0 aliphatic rings. The van der Waals surface area contributed by atoms with E-state index in [1.54, 1.807) is 6.92 Å². The fourth-order valence-electron chi connectivity index (χ4n) is 1.06. The molecule has 1 atom stereocenters. The van der Waals surface area contributed by atoms with Crippen LogP contribution in [-0.4, -0.2) is 22.4 Å². The van der Waals surface area contributed by atoms with Crippen molar-refractivity contribution in [2.45, 2.75) is 19.9 Å². The van der Waals surface area contributed by atoms with Gasteiger partial charge in [0.25, 0.3) is 5.56 Å². The number of hydrogen-bond donors (Lipinski definition) is 0. The Hall–Kier alpha value is -1.07. The molecule has 7 heteroatoms. The van der Waals surface area contributed by atoms with E-state index in [2.05, 4.69) is 5.10 Å². The van der Waals surface area contributed by atoms with Crippen molar-refractivity contribution < 1.29 is 9.53 Å². The Morgan fingerprint density at radius 3 is 2.81 bits per heavy atom. The number of nitrogens with zero attached hydrogens (tertiary/aromatic N) is 2. The van der Waals surface area contributed by atoms with E-state index in [4.69, 9.17) is 27.9 Å². The van der Waals surface area contributed by atoms with Gasteiger partial charge in [0.2, 0.25) is 0 Å². The summed E-state index contributed by atoms with van der Waals surface area (Å²) in [7, 11) is 0. The maximum atomic E-state index is 11.6. The van der Waals surface area contributed by atoms with E-state index in [1.807, 2.05) is 0 Å². The normalized spacial score (nSPS) is 12.2. The smallest absolute Gasteiger partial charge is 0.330 e. The average Bonchev–Trinajstić information content (AvgIpc) is 2.26. The molecule has 1 unspecified atom stereocenters. The molecule has 0 bridgehead atoms. The number of aromatic nitrogens is 2. The Bertz CT molecular complexity index is 459. The van der Waals surface area contributed by atoms with Crippen molar-refractivity contribution in [1.29, 1.82) is 0 Å². The van der Waals surface area contributed by atoms with Gasteiger partial charge in [-0.1, -0.05) is 23.2 Å². The van der Waals surface area contributed by atoms with Crippen LogP contribution >= 0.6 is 23.2 Å². The minimum Gasteiger partial charge on any atom is -0.464 e. The van der Waals surface area contributed by atoms with Gasteiger partial charge in [-0.2, -0.15) is 5.10 Å². The van der Waals surface area contributed by atoms with Crippen LogP contribution in [0.25, 0.3) is 0 Å². The highest BCUT2D eigenvalue weighted by Crippen LogP contribution is 2.16. The van der Waals surface area contributed by atoms with E-state index < -0.39 is 17.6 Å². The number of hydrogen-bond acceptors (Lipinski definition) is 4. The molecule has 0 fully saturated rings. The van der Waals surface area contributed by atoms with Gasteiger partial charge in [-0.05, 0) is 13.8 Å². The van der Waals surface area contributed by atoms with Crippen LogP contribution in [0.4, 0.5) is 0 Å². The lowest BCUT2D eigenvalue weighted by atomic mass is 10.3. The topological polar surface area (TPSA) is 61.2 Å². The quantitative estimate of drug-likeness (QED) is 0.780. The summed E-state index contributed by atoms with van der Waals surface area (Å²) in [6.07, 6.45) is 1.21. The molecule has 0 aliphatic heterocycles. The first-order valence-corrected chi connectivity index (χ1v) is 5.34. The Balaban J connectivity index is 3.10. The standard InChI is InChI=1S/C9H10Cl2N2O3/c1-3-16-9(15)5(2)13-8(14)7(11)6(10)4-12-13/h4-5H,3H2,1-2H3. The van der Waals surface area contributed by atoms with Gasteiger partial charge in [0.05, 0.1) is 17.8 Å². The van der Waals surface area contributed by atoms with Crippen LogP contribution in [0, 0.1) is 0 Å². The lowest BCUT2D eigenvalue weighted by Gasteiger charge is -2.12. The average molecular weight is 265 g/mol. The van der Waals surface area contributed by atoms with Gasteiger partial charge in [-0.15, -0.1) is 0 Å². The molecule has 0 N–H and O–H groups in total. The minimum absolute atomic E-state index is 0.0546. The Morgan fingerprint density at radius 1 is 1.62 bits per heavy atom. The van der Waals surface area contributed by atoms with Gasteiger partial charge in [-0.3, -0.25) is 4.79 Å². The number of rotatable bonds is 3. The number of carbonyl (C=O) groups excluding carboxylic acids is 1. The first kappa shape index (κ1) is 13.0. The third-order valence-electron chi connectivity index (χ3n) is 1.90. The molecule has 16 heavy (non-hydrogen) atoms. The third kappa shape index (κ3) is 2.54. The van der Waals surface area contributed by atoms with Crippen LogP contribution in [0.2, 0.25) is 10.0 Å². The summed E-state index contributed by atoms with van der Waals surface area (Å²) in [5.41, 5.74) is -0.616. The molecule has 0 amide bonds. The molecule has 0 saturated heterocycles. The fraction of sp³-hybridized carbons (Fsp3) is 0.444. The first-order valence-electron chi connectivity index (χ1n) is 4.58. The van der Waals surface area contributed by atoms with Crippen molar-refractivity contribution >= 4 is 29.2 Å². The summed E-state index contributed by atoms with van der Waals surface area (Å²) in [6.45, 7) is 3.41. The summed E-state index contributed by atoms with van der Waals surface area (Å²) >= 11 is 11.3. The number of esters is 1. The van der Waals surface area contributed by atoms with Crippen LogP contribution < -0.4 is 5.56 Å². The predicted octanol–water partition coefficient (Wildman–Crippen LogP) is 1.67. The van der Waals surface area contributed by atoms with Crippen molar-refractivity contribution in [3.05, 3.63) is 26.6 Å². The molecule has 1 rings (SSSR count). The summed E-state index contributed by atoms with van der Waals surface area (Å²) < 4.78 is 5.71. The maximum Gasteiger partial charge on any atom is 0.330 e. The summed E-state index contributed by atoms with van der Waals surface area (Å²) in [5, 5.41) is 3.62. The van der Waals surface area contributed by atoms with Gasteiger partial charge in [-0.25, -0.2) is 9.48 Å². The van der Waals surface area contributed by atoms with E-state index in [-0.39, 0.29) is 16.7 Å². The molecule has 88 valence electrons. The molecule has 0 radical (unpaired) electrons. The van der Waals surface area contributed by atoms with Crippen LogP contribution in [0.1, 0.15) is 19.9 Å². The van der Waals surface area contributed by atoms with Gasteiger partial charge in [0.1, 0.15) is 5.02 Å². The van der Waals surface area contributed by atoms with Crippen molar-refractivity contribution in [2.75, 3.05) is 6.61 Å². The molecule has 1 aromatic rings. The largest absolute Gasteiger partial charge is 0.464 e. The van der Waals surface area contributed by atoms with E-state index in [0.29, 0.717) is 0 Å². The predicted molar refractivity (Wildman–Crippen MR) is 59.9 cm³/mol. The molecule has 0 aromatic carbocycles. The second kappa shape index (κ2) is 5.32. The maximum absolute atomic E-state index is 11.6. The SMILES string of the molecule is CCOC(=O)C(C)n1ncc(Cl)c(Cl)c1=O. The van der Waals surface area contributed by atoms with Crippen molar-refractivity contribution in [3.63, 3.8) is 0 Å². The zero-order valence-corrected chi connectivity index (χ0v) is 10.2. The molecule has 5 nitrogen and oxygen atoms in total. The lowest BCUT2D eigenvalue weighted by Crippen LogP contribution is -2.31. The summed E-state index contributed by atoms with van der Waals surface area (Å²) in [6, 6.07) is -0.831. The Kier molecular flexibility index (Phi) is 4.32. The Morgan fingerprint density at radius 2 is 2.25 bits per heavy atom. The second-order valence-corrected chi connectivity index (χ2v) is 3.77. The fourth-order valence-corrected chi connectivity index (χ4v) is 1.32. The highest BCUT2D eigenvalue weighted by Gasteiger charge is 2.20. The zero-order chi connectivity index (χ0) is 12.3. The zero-order valence-electron chi connectivity index (χ0n) is 8.74. The van der Waals surface area contributed by atoms with Gasteiger partial charge in [0.15, 0.2) is 6.04 Å². The first-order chi connectivity index (χ1) is 7.49. The number of ether oxygens (including phenoxy) is 1. The van der Waals surface area contributed by atoms with Crippen molar-refractivity contribution in [2.24, 2.45) is 0 Å². The third-order valence-corrected chi connectivity index (χ3v) is 2.64. The van der Waals surface area contributed by atoms with E-state index >= 15 is 0 Å². The van der Waals surface area contributed by atoms with E-state index in [0.717, 1.165) is 4.68 Å². The number of halogens is 2. The van der Waals surface area contributed by atoms with Gasteiger partial charge >= 0.3 is 5.97 Å². The van der Waals surface area contributed by atoms with Crippen LogP contribution in [0.5, 0.6) is 0 Å². The molecule has 0 spiro atoms. The molecular formula is C9H10Cl2N2O3. The molecule has 1 aromatic heterocycles. The van der Waals surface area contributed by atoms with E-state index in [9.17, 15) is 9.59 Å². The van der Waals surface area contributed by atoms with Gasteiger partial charge < -0.3 is 4.74 Å². The van der Waals surface area contributed by atoms with E-state index in [1.165, 1.54) is 13.1 Å². The molecule has 1 heterocycles. The monoisotopic (exact) mass is 264 g/mol. The summed E-state index contributed by atoms with van der Waals surface area (Å²) in [4.78, 5) is 23.0. The minimum atomic E-state index is -0.831. The van der Waals surface area contributed by atoms with Crippen molar-refractivity contribution in [3.8, 4) is 0 Å². The number of carbonyl (C=O) groups is 1. The lowest BCUT2D eigenvalue weighted by molar-refractivity contribution is -0.147. The van der Waals surface area contributed by atoms with Gasteiger partial charge in [0, 0.05) is 0 Å². The Labute approximate surface area is 102 Å². The van der Waals surface area contributed by atoms with Crippen LogP contribution in [-0.2, 0) is 9.53 Å². The molecule has 0 saturated carbocycles. The van der Waals surface area contributed by atoms with Crippen LogP contribution in [0.15, 0.2) is 11.0 Å². The highest BCUT2D eigenvalue weighted by atomic mass is 35.5.